The fraction of sp³-hybridized carbons (Fsp3) is 0.0769. The van der Waals surface area contributed by atoms with Crippen LogP contribution in [0.3, 0.4) is 0 Å². The number of carbonyl (C=O) groups excluding carboxylic acids is 2. The molecule has 156 valence electrons. The van der Waals surface area contributed by atoms with Crippen LogP contribution in [0.4, 0.5) is 5.69 Å². The van der Waals surface area contributed by atoms with E-state index in [1.54, 1.807) is 49.4 Å². The van der Waals surface area contributed by atoms with Crippen LogP contribution in [-0.4, -0.2) is 27.6 Å². The van der Waals surface area contributed by atoms with Gasteiger partial charge in [-0.25, -0.2) is 4.68 Å². The average Bonchev–Trinajstić information content (AvgIpc) is 3.09. The number of aromatic nitrogens is 2. The minimum absolute atomic E-state index is 0.202. The minimum Gasteiger partial charge on any atom is -0.295 e. The van der Waals surface area contributed by atoms with E-state index in [0.29, 0.717) is 33.6 Å². The van der Waals surface area contributed by atoms with Gasteiger partial charge in [-0.15, -0.1) is 0 Å². The first-order valence-electron chi connectivity index (χ1n) is 10.2. The highest BCUT2D eigenvalue weighted by molar-refractivity contribution is 6.30. The number of nitrogens with zero attached hydrogens (tertiary/aromatic N) is 2. The van der Waals surface area contributed by atoms with Crippen molar-refractivity contribution >= 4 is 23.5 Å². The highest BCUT2D eigenvalue weighted by Gasteiger charge is 2.31. The van der Waals surface area contributed by atoms with E-state index in [4.69, 9.17) is 0 Å². The number of hydrogen-bond donors (Lipinski definition) is 1. The summed E-state index contributed by atoms with van der Waals surface area (Å²) in [7, 11) is 0. The monoisotopic (exact) mass is 421 g/mol. The van der Waals surface area contributed by atoms with Gasteiger partial charge in [-0.2, -0.15) is 0 Å². The number of carbonyl (C=O) groups is 2. The Labute approximate surface area is 183 Å². The first-order valence-corrected chi connectivity index (χ1v) is 10.2. The summed E-state index contributed by atoms with van der Waals surface area (Å²) in [6.07, 6.45) is 1.45. The molecule has 1 N–H and O–H groups in total. The van der Waals surface area contributed by atoms with Crippen LogP contribution < -0.4 is 5.56 Å². The average molecular weight is 421 g/mol. The maximum absolute atomic E-state index is 13.1. The van der Waals surface area contributed by atoms with Gasteiger partial charge in [-0.1, -0.05) is 54.1 Å². The lowest BCUT2D eigenvalue weighted by Gasteiger charge is -2.18. The summed E-state index contributed by atoms with van der Waals surface area (Å²) >= 11 is 0. The van der Waals surface area contributed by atoms with Crippen molar-refractivity contribution in [3.8, 4) is 5.69 Å². The van der Waals surface area contributed by atoms with Crippen molar-refractivity contribution in [1.82, 2.24) is 9.78 Å². The molecule has 5 rings (SSSR count). The van der Waals surface area contributed by atoms with Crippen LogP contribution >= 0.6 is 0 Å². The Balaban J connectivity index is 1.58. The molecule has 0 bridgehead atoms. The predicted molar refractivity (Wildman–Crippen MR) is 123 cm³/mol. The number of hydrogen-bond acceptors (Lipinski definition) is 4. The van der Waals surface area contributed by atoms with Gasteiger partial charge in [-0.05, 0) is 32.0 Å². The summed E-state index contributed by atoms with van der Waals surface area (Å²) in [5, 5.41) is 3.07. The number of rotatable bonds is 3. The third-order valence-electron chi connectivity index (χ3n) is 5.67. The zero-order chi connectivity index (χ0) is 22.4. The van der Waals surface area contributed by atoms with Crippen molar-refractivity contribution in [3.05, 3.63) is 116 Å². The van der Waals surface area contributed by atoms with E-state index in [9.17, 15) is 14.4 Å². The summed E-state index contributed by atoms with van der Waals surface area (Å²) < 4.78 is 1.46. The van der Waals surface area contributed by atoms with E-state index in [2.05, 4.69) is 10.1 Å². The third kappa shape index (κ3) is 3.04. The zero-order valence-electron chi connectivity index (χ0n) is 17.5. The fourth-order valence-corrected chi connectivity index (χ4v) is 3.96. The minimum atomic E-state index is -0.245. The number of fused-ring (bicyclic) bond motifs is 2. The van der Waals surface area contributed by atoms with Crippen LogP contribution in [0, 0.1) is 13.8 Å². The van der Waals surface area contributed by atoms with Gasteiger partial charge in [0.15, 0.2) is 11.6 Å². The molecule has 0 fully saturated rings. The molecule has 0 amide bonds. The molecule has 32 heavy (non-hydrogen) atoms. The Bertz CT molecular complexity index is 1490. The topological polar surface area (TPSA) is 84.3 Å². The Morgan fingerprint density at radius 3 is 2.16 bits per heavy atom. The van der Waals surface area contributed by atoms with Gasteiger partial charge in [-0.3, -0.25) is 24.5 Å². The molecule has 0 unspecified atom stereocenters. The van der Waals surface area contributed by atoms with Crippen LogP contribution in [0.1, 0.15) is 48.7 Å². The molecule has 1 aromatic heterocycles. The second kappa shape index (κ2) is 7.42. The van der Waals surface area contributed by atoms with Crippen LogP contribution in [0.5, 0.6) is 0 Å². The normalized spacial score (nSPS) is 12.8. The number of aliphatic imine (C=N–C) groups is 1. The quantitative estimate of drug-likeness (QED) is 0.441. The highest BCUT2D eigenvalue weighted by atomic mass is 16.1. The summed E-state index contributed by atoms with van der Waals surface area (Å²) in [4.78, 5) is 43.5. The van der Waals surface area contributed by atoms with Gasteiger partial charge >= 0.3 is 0 Å². The molecule has 0 saturated heterocycles. The van der Waals surface area contributed by atoms with Crippen molar-refractivity contribution in [3.63, 3.8) is 0 Å². The van der Waals surface area contributed by atoms with E-state index in [0.717, 1.165) is 11.3 Å². The lowest BCUT2D eigenvalue weighted by atomic mass is 9.83. The highest BCUT2D eigenvalue weighted by Crippen LogP contribution is 2.33. The van der Waals surface area contributed by atoms with Gasteiger partial charge in [0.25, 0.3) is 5.56 Å². The van der Waals surface area contributed by atoms with Gasteiger partial charge < -0.3 is 0 Å². The molecule has 1 heterocycles. The molecule has 1 aliphatic carbocycles. The van der Waals surface area contributed by atoms with E-state index < -0.39 is 0 Å². The number of nitrogens with one attached hydrogen (secondary N) is 1. The van der Waals surface area contributed by atoms with Crippen LogP contribution in [0.15, 0.2) is 76.5 Å². The number of H-pyrrole nitrogens is 1. The third-order valence-corrected chi connectivity index (χ3v) is 5.67. The number of aryl methyl sites for hydroxylation is 2. The summed E-state index contributed by atoms with van der Waals surface area (Å²) in [5.74, 6) is -0.447. The van der Waals surface area contributed by atoms with Crippen molar-refractivity contribution in [1.29, 1.82) is 0 Å². The Hall–Kier alpha value is -4.32. The standard InChI is InChI=1S/C26H19N3O3/c1-15-10-12-17(13-11-15)29-26(32)21(16(2)28-29)14-27-22-9-5-8-20-23(22)25(31)19-7-4-3-6-18(19)24(20)30/h3-14,28H,1-2H3. The second-order valence-corrected chi connectivity index (χ2v) is 7.79. The van der Waals surface area contributed by atoms with Gasteiger partial charge in [0, 0.05) is 28.6 Å². The van der Waals surface area contributed by atoms with Crippen molar-refractivity contribution in [2.75, 3.05) is 0 Å². The molecule has 0 saturated carbocycles. The second-order valence-electron chi connectivity index (χ2n) is 7.79. The molecule has 0 atom stereocenters. The molecule has 6 nitrogen and oxygen atoms in total. The number of benzene rings is 3. The van der Waals surface area contributed by atoms with Gasteiger partial charge in [0.1, 0.15) is 0 Å². The Morgan fingerprint density at radius 2 is 1.44 bits per heavy atom. The SMILES string of the molecule is Cc1ccc(-n2[nH]c(C)c(C=Nc3cccc4c3C(=O)c3ccccc3C4=O)c2=O)cc1. The Morgan fingerprint density at radius 1 is 0.781 bits per heavy atom. The first kappa shape index (κ1) is 19.6. The van der Waals surface area contributed by atoms with E-state index in [1.165, 1.54) is 10.9 Å². The molecule has 1 aliphatic rings. The zero-order valence-corrected chi connectivity index (χ0v) is 17.5. The maximum atomic E-state index is 13.1. The largest absolute Gasteiger partial charge is 0.295 e. The molecule has 0 spiro atoms. The lowest BCUT2D eigenvalue weighted by Crippen LogP contribution is -2.20. The van der Waals surface area contributed by atoms with E-state index in [-0.39, 0.29) is 22.7 Å². The van der Waals surface area contributed by atoms with Crippen molar-refractivity contribution in [2.45, 2.75) is 13.8 Å². The summed E-state index contributed by atoms with van der Waals surface area (Å²) in [5.41, 5.74) is 4.32. The fourth-order valence-electron chi connectivity index (χ4n) is 3.96. The number of aromatic amines is 1. The number of ketones is 2. The van der Waals surface area contributed by atoms with Gasteiger partial charge in [0.05, 0.1) is 22.5 Å². The summed E-state index contributed by atoms with van der Waals surface area (Å²) in [6.45, 7) is 3.77. The van der Waals surface area contributed by atoms with E-state index in [1.807, 2.05) is 31.2 Å². The molecule has 0 radical (unpaired) electrons. The molecular weight excluding hydrogens is 402 g/mol. The Kier molecular flexibility index (Phi) is 4.56. The predicted octanol–water partition coefficient (Wildman–Crippen LogP) is 4.31. The van der Waals surface area contributed by atoms with Crippen molar-refractivity contribution in [2.24, 2.45) is 4.99 Å². The van der Waals surface area contributed by atoms with Gasteiger partial charge in [0.2, 0.25) is 0 Å². The molecular formula is C26H19N3O3. The van der Waals surface area contributed by atoms with Crippen LogP contribution in [0.2, 0.25) is 0 Å². The first-order chi connectivity index (χ1) is 15.5. The smallest absolute Gasteiger partial charge is 0.280 e. The molecule has 4 aromatic rings. The summed E-state index contributed by atoms with van der Waals surface area (Å²) in [6, 6.07) is 19.4. The maximum Gasteiger partial charge on any atom is 0.280 e. The van der Waals surface area contributed by atoms with Crippen LogP contribution in [0.25, 0.3) is 5.69 Å². The van der Waals surface area contributed by atoms with Crippen molar-refractivity contribution < 1.29 is 9.59 Å². The van der Waals surface area contributed by atoms with Crippen LogP contribution in [-0.2, 0) is 0 Å². The lowest BCUT2D eigenvalue weighted by molar-refractivity contribution is 0.0979. The van der Waals surface area contributed by atoms with E-state index >= 15 is 0 Å². The molecule has 6 heteroatoms. The molecule has 0 aliphatic heterocycles. The molecule has 3 aromatic carbocycles.